The molecule has 3 unspecified atom stereocenters. The molecule has 2 aliphatic heterocycles. The van der Waals surface area contributed by atoms with Crippen LogP contribution >= 0.6 is 0 Å². The van der Waals surface area contributed by atoms with Crippen molar-refractivity contribution in [2.24, 2.45) is 5.92 Å². The zero-order valence-corrected chi connectivity index (χ0v) is 12.2. The number of rotatable bonds is 1. The number of carbonyl (C=O) groups excluding carboxylic acids is 1. The number of hydrogen-bond acceptors (Lipinski definition) is 4. The maximum Gasteiger partial charge on any atom is 0.410 e. The third kappa shape index (κ3) is 3.60. The summed E-state index contributed by atoms with van der Waals surface area (Å²) in [4.78, 5) is 14.0. The first-order chi connectivity index (χ1) is 8.88. The Labute approximate surface area is 115 Å². The summed E-state index contributed by atoms with van der Waals surface area (Å²) in [6, 6.07) is 0.109. The first kappa shape index (κ1) is 14.6. The molecule has 3 atom stereocenters. The van der Waals surface area contributed by atoms with E-state index in [2.05, 4.69) is 5.32 Å². The first-order valence-electron chi connectivity index (χ1n) is 7.27. The van der Waals surface area contributed by atoms with E-state index >= 15 is 0 Å². The monoisotopic (exact) mass is 270 g/mol. The van der Waals surface area contributed by atoms with Crippen molar-refractivity contribution < 1.29 is 14.6 Å². The van der Waals surface area contributed by atoms with Gasteiger partial charge in [-0.25, -0.2) is 4.79 Å². The number of carbonyl (C=O) groups is 1. The van der Waals surface area contributed by atoms with E-state index in [9.17, 15) is 9.90 Å². The van der Waals surface area contributed by atoms with Crippen molar-refractivity contribution in [1.29, 1.82) is 0 Å². The molecular formula is C14H26N2O3. The van der Waals surface area contributed by atoms with Gasteiger partial charge in [-0.05, 0) is 46.6 Å². The van der Waals surface area contributed by atoms with Gasteiger partial charge in [0.2, 0.25) is 0 Å². The lowest BCUT2D eigenvalue weighted by Crippen LogP contribution is -2.52. The van der Waals surface area contributed by atoms with Crippen LogP contribution in [0.4, 0.5) is 4.79 Å². The highest BCUT2D eigenvalue weighted by Crippen LogP contribution is 2.29. The fourth-order valence-electron chi connectivity index (χ4n) is 3.05. The first-order valence-corrected chi connectivity index (χ1v) is 7.27. The van der Waals surface area contributed by atoms with Crippen molar-refractivity contribution in [1.82, 2.24) is 10.2 Å². The van der Waals surface area contributed by atoms with Crippen LogP contribution < -0.4 is 5.32 Å². The van der Waals surface area contributed by atoms with E-state index in [1.807, 2.05) is 25.7 Å². The molecule has 2 rings (SSSR count). The number of aliphatic hydroxyl groups excluding tert-OH is 1. The lowest BCUT2D eigenvalue weighted by Gasteiger charge is -2.37. The fraction of sp³-hybridized carbons (Fsp3) is 0.929. The zero-order valence-electron chi connectivity index (χ0n) is 12.2. The fourth-order valence-corrected chi connectivity index (χ4v) is 3.05. The molecule has 0 spiro atoms. The number of hydrogen-bond donors (Lipinski definition) is 2. The van der Waals surface area contributed by atoms with Crippen molar-refractivity contribution in [2.75, 3.05) is 19.6 Å². The second-order valence-electron chi connectivity index (χ2n) is 6.61. The molecule has 19 heavy (non-hydrogen) atoms. The van der Waals surface area contributed by atoms with E-state index < -0.39 is 5.60 Å². The van der Waals surface area contributed by atoms with Gasteiger partial charge >= 0.3 is 6.09 Å². The Morgan fingerprint density at radius 2 is 2.11 bits per heavy atom. The summed E-state index contributed by atoms with van der Waals surface area (Å²) < 4.78 is 5.46. The summed E-state index contributed by atoms with van der Waals surface area (Å²) in [6.07, 6.45) is 2.17. The van der Waals surface area contributed by atoms with E-state index in [-0.39, 0.29) is 24.2 Å². The number of likely N-dealkylation sites (tertiary alicyclic amines) is 1. The van der Waals surface area contributed by atoms with Gasteiger partial charge in [-0.15, -0.1) is 0 Å². The topological polar surface area (TPSA) is 61.8 Å². The number of nitrogens with one attached hydrogen (secondary N) is 1. The molecule has 0 aromatic carbocycles. The molecule has 2 N–H and O–H groups in total. The highest BCUT2D eigenvalue weighted by molar-refractivity contribution is 5.69. The molecule has 0 radical (unpaired) electrons. The van der Waals surface area contributed by atoms with Crippen LogP contribution in [0.25, 0.3) is 0 Å². The van der Waals surface area contributed by atoms with Crippen molar-refractivity contribution in [3.8, 4) is 0 Å². The minimum atomic E-state index is -0.465. The van der Waals surface area contributed by atoms with E-state index in [0.717, 1.165) is 38.9 Å². The largest absolute Gasteiger partial charge is 0.444 e. The average molecular weight is 270 g/mol. The summed E-state index contributed by atoms with van der Waals surface area (Å²) in [5, 5.41) is 13.5. The Balaban J connectivity index is 2.01. The molecule has 1 amide bonds. The Kier molecular flexibility index (Phi) is 4.36. The summed E-state index contributed by atoms with van der Waals surface area (Å²) >= 11 is 0. The molecule has 2 aliphatic rings. The number of ether oxygens (including phenoxy) is 1. The Bertz CT molecular complexity index is 327. The summed E-state index contributed by atoms with van der Waals surface area (Å²) in [7, 11) is 0. The van der Waals surface area contributed by atoms with Gasteiger partial charge in [0.1, 0.15) is 5.60 Å². The molecule has 0 saturated carbocycles. The predicted molar refractivity (Wildman–Crippen MR) is 72.9 cm³/mol. The van der Waals surface area contributed by atoms with Crippen LogP contribution in [0.15, 0.2) is 0 Å². The summed E-state index contributed by atoms with van der Waals surface area (Å²) in [5.74, 6) is 0.128. The number of piperidine rings is 1. The molecular weight excluding hydrogens is 244 g/mol. The van der Waals surface area contributed by atoms with Crippen molar-refractivity contribution >= 4 is 6.09 Å². The number of aliphatic hydroxyl groups is 1. The van der Waals surface area contributed by atoms with Gasteiger partial charge < -0.3 is 20.1 Å². The highest BCUT2D eigenvalue weighted by atomic mass is 16.6. The van der Waals surface area contributed by atoms with Gasteiger partial charge in [-0.1, -0.05) is 0 Å². The lowest BCUT2D eigenvalue weighted by atomic mass is 9.87. The van der Waals surface area contributed by atoms with Gasteiger partial charge in [0.25, 0.3) is 0 Å². The van der Waals surface area contributed by atoms with Gasteiger partial charge in [0, 0.05) is 25.0 Å². The van der Waals surface area contributed by atoms with Crippen molar-refractivity contribution in [3.63, 3.8) is 0 Å². The van der Waals surface area contributed by atoms with E-state index in [1.165, 1.54) is 0 Å². The molecule has 2 saturated heterocycles. The normalized spacial score (nSPS) is 32.4. The highest BCUT2D eigenvalue weighted by Gasteiger charge is 2.40. The molecule has 2 fully saturated rings. The second-order valence-corrected chi connectivity index (χ2v) is 6.61. The summed E-state index contributed by atoms with van der Waals surface area (Å²) in [5.41, 5.74) is -0.465. The molecule has 110 valence electrons. The van der Waals surface area contributed by atoms with Crippen LogP contribution in [-0.2, 0) is 4.74 Å². The average Bonchev–Trinajstić information content (AvgIpc) is 2.76. The Morgan fingerprint density at radius 1 is 1.37 bits per heavy atom. The Hall–Kier alpha value is -0.810. The second kappa shape index (κ2) is 5.67. The molecule has 5 heteroatoms. The molecule has 0 aromatic rings. The Morgan fingerprint density at radius 3 is 2.74 bits per heavy atom. The van der Waals surface area contributed by atoms with Gasteiger partial charge in [0.15, 0.2) is 0 Å². The van der Waals surface area contributed by atoms with Crippen LogP contribution in [0.3, 0.4) is 0 Å². The maximum absolute atomic E-state index is 12.2. The van der Waals surface area contributed by atoms with Gasteiger partial charge in [0.05, 0.1) is 6.10 Å². The quantitative estimate of drug-likeness (QED) is 0.755. The van der Waals surface area contributed by atoms with E-state index in [4.69, 9.17) is 4.74 Å². The van der Waals surface area contributed by atoms with Gasteiger partial charge in [-0.3, -0.25) is 0 Å². The maximum atomic E-state index is 12.2. The SMILES string of the molecule is CC(C)(C)OC(=O)N1CCCC1C1CNCCC1O. The number of nitrogens with zero attached hydrogens (tertiary/aromatic N) is 1. The van der Waals surface area contributed by atoms with E-state index in [1.54, 1.807) is 0 Å². The standard InChI is InChI=1S/C14H26N2O3/c1-14(2,3)19-13(18)16-8-4-5-11(16)10-9-15-7-6-12(10)17/h10-12,15,17H,4-9H2,1-3H3. The van der Waals surface area contributed by atoms with E-state index in [0.29, 0.717) is 0 Å². The van der Waals surface area contributed by atoms with Crippen LogP contribution in [0, 0.1) is 5.92 Å². The third-order valence-electron chi connectivity index (χ3n) is 3.91. The minimum Gasteiger partial charge on any atom is -0.444 e. The third-order valence-corrected chi connectivity index (χ3v) is 3.91. The molecule has 0 aromatic heterocycles. The smallest absolute Gasteiger partial charge is 0.410 e. The van der Waals surface area contributed by atoms with Crippen LogP contribution in [-0.4, -0.2) is 53.5 Å². The minimum absolute atomic E-state index is 0.109. The predicted octanol–water partition coefficient (Wildman–Crippen LogP) is 1.36. The van der Waals surface area contributed by atoms with Crippen molar-refractivity contribution in [2.45, 2.75) is 57.8 Å². The molecule has 2 heterocycles. The molecule has 0 bridgehead atoms. The van der Waals surface area contributed by atoms with Crippen LogP contribution in [0.2, 0.25) is 0 Å². The van der Waals surface area contributed by atoms with Crippen LogP contribution in [0.5, 0.6) is 0 Å². The van der Waals surface area contributed by atoms with Gasteiger partial charge in [-0.2, -0.15) is 0 Å². The number of amides is 1. The van der Waals surface area contributed by atoms with Crippen molar-refractivity contribution in [3.05, 3.63) is 0 Å². The zero-order chi connectivity index (χ0) is 14.0. The summed E-state index contributed by atoms with van der Waals surface area (Å²) in [6.45, 7) is 8.03. The molecule has 0 aliphatic carbocycles. The van der Waals surface area contributed by atoms with Crippen LogP contribution in [0.1, 0.15) is 40.0 Å². The lowest BCUT2D eigenvalue weighted by molar-refractivity contribution is -0.00175. The molecule has 5 nitrogen and oxygen atoms in total.